The van der Waals surface area contributed by atoms with Crippen LogP contribution in [0, 0.1) is 13.8 Å². The first kappa shape index (κ1) is 16.2. The van der Waals surface area contributed by atoms with Crippen LogP contribution in [0.1, 0.15) is 11.1 Å². The topological polar surface area (TPSA) is 51.4 Å². The van der Waals surface area contributed by atoms with Crippen LogP contribution < -0.4 is 4.80 Å². The van der Waals surface area contributed by atoms with Crippen molar-refractivity contribution in [3.8, 4) is 0 Å². The van der Waals surface area contributed by atoms with E-state index in [9.17, 15) is 8.42 Å². The maximum absolute atomic E-state index is 12.5. The van der Waals surface area contributed by atoms with Crippen molar-refractivity contribution in [3.63, 3.8) is 0 Å². The van der Waals surface area contributed by atoms with Gasteiger partial charge in [-0.05, 0) is 42.5 Å². The maximum atomic E-state index is 12.5. The molecule has 2 heterocycles. The molecule has 0 fully saturated rings. The Morgan fingerprint density at radius 1 is 1.35 bits per heavy atom. The van der Waals surface area contributed by atoms with Gasteiger partial charge >= 0.3 is 0 Å². The van der Waals surface area contributed by atoms with Crippen LogP contribution in [-0.2, 0) is 16.6 Å². The average molecular weight is 365 g/mol. The first-order chi connectivity index (χ1) is 10.9. The van der Waals surface area contributed by atoms with Gasteiger partial charge in [0.25, 0.3) is 10.0 Å². The van der Waals surface area contributed by atoms with Crippen molar-refractivity contribution in [3.05, 3.63) is 58.2 Å². The molecular formula is C16H16N2O2S3. The molecule has 0 spiro atoms. The highest BCUT2D eigenvalue weighted by atomic mass is 32.2. The van der Waals surface area contributed by atoms with Crippen molar-refractivity contribution in [2.24, 2.45) is 4.40 Å². The molecule has 120 valence electrons. The van der Waals surface area contributed by atoms with Crippen LogP contribution in [0.5, 0.6) is 0 Å². The summed E-state index contributed by atoms with van der Waals surface area (Å²) in [5.74, 6) is 0. The van der Waals surface area contributed by atoms with Crippen LogP contribution >= 0.6 is 22.7 Å². The summed E-state index contributed by atoms with van der Waals surface area (Å²) in [4.78, 5) is 0.474. The third-order valence-corrected chi connectivity index (χ3v) is 7.36. The summed E-state index contributed by atoms with van der Waals surface area (Å²) in [7, 11) is -3.68. The molecule has 0 N–H and O–H groups in total. The quantitative estimate of drug-likeness (QED) is 0.660. The van der Waals surface area contributed by atoms with Gasteiger partial charge in [0, 0.05) is 6.54 Å². The van der Waals surface area contributed by atoms with E-state index in [1.54, 1.807) is 23.6 Å². The van der Waals surface area contributed by atoms with Crippen molar-refractivity contribution in [1.29, 1.82) is 0 Å². The van der Waals surface area contributed by atoms with Gasteiger partial charge in [0.05, 0.1) is 10.2 Å². The van der Waals surface area contributed by atoms with E-state index in [1.807, 2.05) is 18.4 Å². The van der Waals surface area contributed by atoms with Gasteiger partial charge in [0.2, 0.25) is 4.80 Å². The van der Waals surface area contributed by atoms with Crippen LogP contribution in [0.15, 0.2) is 50.9 Å². The number of allylic oxidation sites excluding steroid dienone is 1. The Kier molecular flexibility index (Phi) is 4.27. The molecule has 0 radical (unpaired) electrons. The number of benzene rings is 1. The second-order valence-corrected chi connectivity index (χ2v) is 8.97. The number of rotatable bonds is 4. The van der Waals surface area contributed by atoms with E-state index >= 15 is 0 Å². The number of aromatic nitrogens is 1. The molecule has 0 aliphatic carbocycles. The largest absolute Gasteiger partial charge is 0.312 e. The number of sulfonamides is 1. The minimum atomic E-state index is -3.68. The van der Waals surface area contributed by atoms with E-state index < -0.39 is 10.0 Å². The summed E-state index contributed by atoms with van der Waals surface area (Å²) < 4.78 is 32.2. The van der Waals surface area contributed by atoms with Gasteiger partial charge in [-0.1, -0.05) is 29.5 Å². The lowest BCUT2D eigenvalue weighted by Gasteiger charge is -2.03. The third-order valence-electron chi connectivity index (χ3n) is 3.37. The van der Waals surface area contributed by atoms with Crippen LogP contribution in [0.2, 0.25) is 0 Å². The molecule has 4 nitrogen and oxygen atoms in total. The zero-order valence-electron chi connectivity index (χ0n) is 12.8. The predicted octanol–water partition coefficient (Wildman–Crippen LogP) is 3.86. The minimum absolute atomic E-state index is 0.257. The Hall–Kier alpha value is -1.70. The normalized spacial score (nSPS) is 12.9. The Morgan fingerprint density at radius 3 is 2.78 bits per heavy atom. The Balaban J connectivity index is 2.33. The van der Waals surface area contributed by atoms with Gasteiger partial charge in [-0.3, -0.25) is 0 Å². The molecule has 0 saturated carbocycles. The average Bonchev–Trinajstić information content (AvgIpc) is 3.10. The Labute approximate surface area is 143 Å². The number of hydrogen-bond acceptors (Lipinski definition) is 4. The number of aryl methyl sites for hydroxylation is 2. The highest BCUT2D eigenvalue weighted by Gasteiger charge is 2.16. The van der Waals surface area contributed by atoms with E-state index in [1.165, 1.54) is 22.7 Å². The number of nitrogens with zero attached hydrogens (tertiary/aromatic N) is 2. The molecule has 0 amide bonds. The molecule has 7 heteroatoms. The summed E-state index contributed by atoms with van der Waals surface area (Å²) in [5.41, 5.74) is 3.25. The standard InChI is InChI=1S/C16H16N2O2S3/c1-4-7-18-13-10-11(2)9-12(3)15(13)22-16(18)17-23(19,20)14-6-5-8-21-14/h4-6,8-10H,1,7H2,2-3H3/b17-16-. The predicted molar refractivity (Wildman–Crippen MR) is 96.6 cm³/mol. The summed E-state index contributed by atoms with van der Waals surface area (Å²) in [6.45, 7) is 8.34. The summed E-state index contributed by atoms with van der Waals surface area (Å²) >= 11 is 2.57. The fraction of sp³-hybridized carbons (Fsp3) is 0.188. The minimum Gasteiger partial charge on any atom is -0.312 e. The SMILES string of the molecule is C=CCn1/c(=N/S(=O)(=O)c2cccs2)sc2c(C)cc(C)cc21. The summed E-state index contributed by atoms with van der Waals surface area (Å²) in [5, 5.41) is 1.73. The molecule has 3 aromatic rings. The van der Waals surface area contributed by atoms with Crippen molar-refractivity contribution in [1.82, 2.24) is 4.57 Å². The fourth-order valence-electron chi connectivity index (χ4n) is 2.45. The molecule has 0 bridgehead atoms. The van der Waals surface area contributed by atoms with Crippen molar-refractivity contribution >= 4 is 42.9 Å². The van der Waals surface area contributed by atoms with Crippen LogP contribution in [0.4, 0.5) is 0 Å². The van der Waals surface area contributed by atoms with E-state index in [2.05, 4.69) is 23.1 Å². The lowest BCUT2D eigenvalue weighted by molar-refractivity contribution is 0.598. The summed E-state index contributed by atoms with van der Waals surface area (Å²) in [6, 6.07) is 7.43. The first-order valence-electron chi connectivity index (χ1n) is 6.98. The third kappa shape index (κ3) is 3.04. The van der Waals surface area contributed by atoms with E-state index in [0.717, 1.165) is 21.3 Å². The van der Waals surface area contributed by atoms with Crippen molar-refractivity contribution < 1.29 is 8.42 Å². The summed E-state index contributed by atoms with van der Waals surface area (Å²) in [6.07, 6.45) is 1.75. The lowest BCUT2D eigenvalue weighted by atomic mass is 10.1. The van der Waals surface area contributed by atoms with Crippen LogP contribution in [0.25, 0.3) is 10.2 Å². The molecule has 2 aromatic heterocycles. The molecular weight excluding hydrogens is 348 g/mol. The molecule has 0 aliphatic heterocycles. The van der Waals surface area contributed by atoms with E-state index in [4.69, 9.17) is 0 Å². The number of fused-ring (bicyclic) bond motifs is 1. The van der Waals surface area contributed by atoms with Crippen LogP contribution in [-0.4, -0.2) is 13.0 Å². The van der Waals surface area contributed by atoms with E-state index in [0.29, 0.717) is 11.3 Å². The second kappa shape index (κ2) is 6.07. The monoisotopic (exact) mass is 364 g/mol. The molecule has 1 aromatic carbocycles. The molecule has 0 aliphatic rings. The van der Waals surface area contributed by atoms with Gasteiger partial charge in [0.15, 0.2) is 0 Å². The molecule has 23 heavy (non-hydrogen) atoms. The van der Waals surface area contributed by atoms with E-state index in [-0.39, 0.29) is 4.21 Å². The Bertz CT molecular complexity index is 1040. The number of hydrogen-bond donors (Lipinski definition) is 0. The smallest absolute Gasteiger partial charge is 0.294 e. The number of thiazole rings is 1. The fourth-order valence-corrected chi connectivity index (χ4v) is 5.71. The maximum Gasteiger partial charge on any atom is 0.294 e. The van der Waals surface area contributed by atoms with Gasteiger partial charge in [0.1, 0.15) is 4.21 Å². The first-order valence-corrected chi connectivity index (χ1v) is 10.1. The van der Waals surface area contributed by atoms with Gasteiger partial charge in [-0.15, -0.1) is 22.3 Å². The molecule has 0 unspecified atom stereocenters. The molecule has 3 rings (SSSR count). The lowest BCUT2D eigenvalue weighted by Crippen LogP contribution is -2.16. The zero-order valence-corrected chi connectivity index (χ0v) is 15.3. The highest BCUT2D eigenvalue weighted by Crippen LogP contribution is 2.24. The van der Waals surface area contributed by atoms with Gasteiger partial charge < -0.3 is 4.57 Å². The highest BCUT2D eigenvalue weighted by molar-refractivity contribution is 7.92. The molecule has 0 atom stereocenters. The van der Waals surface area contributed by atoms with Crippen molar-refractivity contribution in [2.75, 3.05) is 0 Å². The second-order valence-electron chi connectivity index (χ2n) is 5.21. The van der Waals surface area contributed by atoms with Crippen molar-refractivity contribution in [2.45, 2.75) is 24.6 Å². The number of thiophene rings is 1. The molecule has 0 saturated heterocycles. The van der Waals surface area contributed by atoms with Gasteiger partial charge in [-0.2, -0.15) is 8.42 Å². The van der Waals surface area contributed by atoms with Gasteiger partial charge in [-0.25, -0.2) is 0 Å². The Morgan fingerprint density at radius 2 is 2.13 bits per heavy atom. The zero-order chi connectivity index (χ0) is 16.6. The van der Waals surface area contributed by atoms with Crippen LogP contribution in [0.3, 0.4) is 0 Å².